The maximum absolute atomic E-state index is 4.54. The number of rotatable bonds is 9. The van der Waals surface area contributed by atoms with Crippen molar-refractivity contribution in [2.24, 2.45) is 9.98 Å². The van der Waals surface area contributed by atoms with E-state index in [9.17, 15) is 0 Å². The molecule has 0 amide bonds. The molecule has 0 fully saturated rings. The molecule has 0 heterocycles. The Hall–Kier alpha value is -1.46. The Morgan fingerprint density at radius 3 is 2.20 bits per heavy atom. The van der Waals surface area contributed by atoms with Crippen LogP contribution in [-0.4, -0.2) is 51.7 Å². The average molecular weight is 284 g/mol. The molecule has 118 valence electrons. The zero-order valence-electron chi connectivity index (χ0n) is 13.6. The summed E-state index contributed by atoms with van der Waals surface area (Å²) in [5.41, 5.74) is 0. The van der Waals surface area contributed by atoms with Crippen molar-refractivity contribution in [3.05, 3.63) is 0 Å². The normalized spacial score (nSPS) is 12.2. The van der Waals surface area contributed by atoms with E-state index in [1.807, 2.05) is 14.0 Å². The van der Waals surface area contributed by atoms with Gasteiger partial charge in [0.15, 0.2) is 11.9 Å². The third-order valence-corrected chi connectivity index (χ3v) is 2.59. The first-order valence-electron chi connectivity index (χ1n) is 7.76. The Bertz CT molecular complexity index is 275. The molecule has 0 bridgehead atoms. The van der Waals surface area contributed by atoms with E-state index in [1.54, 1.807) is 0 Å². The van der Waals surface area contributed by atoms with Crippen molar-refractivity contribution < 1.29 is 0 Å². The number of nitrogens with one attached hydrogen (secondary N) is 4. The summed E-state index contributed by atoms with van der Waals surface area (Å²) in [6.45, 7) is 10.7. The lowest BCUT2D eigenvalue weighted by Crippen LogP contribution is -2.37. The zero-order valence-corrected chi connectivity index (χ0v) is 13.6. The third-order valence-electron chi connectivity index (χ3n) is 2.59. The second-order valence-electron chi connectivity index (χ2n) is 4.39. The van der Waals surface area contributed by atoms with Crippen molar-refractivity contribution in [2.45, 2.75) is 40.0 Å². The fraction of sp³-hybridized carbons (Fsp3) is 0.857. The van der Waals surface area contributed by atoms with Gasteiger partial charge in [-0.2, -0.15) is 0 Å². The third kappa shape index (κ3) is 10.5. The minimum Gasteiger partial charge on any atom is -0.359 e. The molecule has 0 aromatic rings. The van der Waals surface area contributed by atoms with Gasteiger partial charge in [-0.15, -0.1) is 0 Å². The van der Waals surface area contributed by atoms with Crippen LogP contribution in [0.2, 0.25) is 0 Å². The fourth-order valence-corrected chi connectivity index (χ4v) is 1.60. The minimum atomic E-state index is 0.794. The van der Waals surface area contributed by atoms with Crippen LogP contribution in [0, 0.1) is 0 Å². The quantitative estimate of drug-likeness (QED) is 0.289. The summed E-state index contributed by atoms with van der Waals surface area (Å²) in [6.07, 6.45) is 3.26. The molecule has 0 unspecified atom stereocenters. The monoisotopic (exact) mass is 284 g/mol. The molecule has 6 heteroatoms. The highest BCUT2D eigenvalue weighted by atomic mass is 15.2. The number of hydrogen-bond donors (Lipinski definition) is 4. The van der Waals surface area contributed by atoms with E-state index in [4.69, 9.17) is 0 Å². The van der Waals surface area contributed by atoms with Gasteiger partial charge < -0.3 is 21.3 Å². The smallest absolute Gasteiger partial charge is 0.191 e. The molecular weight excluding hydrogens is 252 g/mol. The topological polar surface area (TPSA) is 72.8 Å². The lowest BCUT2D eigenvalue weighted by molar-refractivity contribution is 0.700. The van der Waals surface area contributed by atoms with Crippen LogP contribution in [0.1, 0.15) is 40.0 Å². The van der Waals surface area contributed by atoms with Crippen molar-refractivity contribution >= 4 is 11.9 Å². The molecule has 20 heavy (non-hydrogen) atoms. The Morgan fingerprint density at radius 1 is 0.850 bits per heavy atom. The highest BCUT2D eigenvalue weighted by Gasteiger charge is 1.96. The van der Waals surface area contributed by atoms with Gasteiger partial charge in [-0.05, 0) is 33.1 Å². The van der Waals surface area contributed by atoms with Crippen molar-refractivity contribution in [3.8, 4) is 0 Å². The van der Waals surface area contributed by atoms with Crippen molar-refractivity contribution in [1.29, 1.82) is 0 Å². The van der Waals surface area contributed by atoms with E-state index >= 15 is 0 Å². The van der Waals surface area contributed by atoms with Gasteiger partial charge in [0.25, 0.3) is 0 Å². The Labute approximate surface area is 123 Å². The van der Waals surface area contributed by atoms with E-state index in [-0.39, 0.29) is 0 Å². The first-order valence-corrected chi connectivity index (χ1v) is 7.76. The second kappa shape index (κ2) is 14.0. The molecule has 0 aliphatic rings. The van der Waals surface area contributed by atoms with Crippen LogP contribution in [0.5, 0.6) is 0 Å². The zero-order chi connectivity index (χ0) is 15.1. The molecule has 6 nitrogen and oxygen atoms in total. The molecule has 0 spiro atoms. The summed E-state index contributed by atoms with van der Waals surface area (Å²) in [6, 6.07) is 0. The van der Waals surface area contributed by atoms with E-state index in [2.05, 4.69) is 45.1 Å². The summed E-state index contributed by atoms with van der Waals surface area (Å²) in [5.74, 6) is 1.79. The van der Waals surface area contributed by atoms with Gasteiger partial charge in [0, 0.05) is 39.8 Å². The van der Waals surface area contributed by atoms with Gasteiger partial charge in [0.2, 0.25) is 0 Å². The number of aliphatic imine (C=N–C) groups is 2. The first kappa shape index (κ1) is 18.5. The molecule has 0 aliphatic heterocycles. The second-order valence-corrected chi connectivity index (χ2v) is 4.39. The Balaban J connectivity index is 3.78. The molecule has 0 saturated carbocycles. The lowest BCUT2D eigenvalue weighted by atomic mass is 10.3. The van der Waals surface area contributed by atoms with Gasteiger partial charge in [-0.1, -0.05) is 6.92 Å². The highest BCUT2D eigenvalue weighted by Crippen LogP contribution is 1.88. The number of guanidine groups is 2. The van der Waals surface area contributed by atoms with Crippen LogP contribution in [0.3, 0.4) is 0 Å². The first-order chi connectivity index (χ1) is 9.78. The van der Waals surface area contributed by atoms with Gasteiger partial charge in [0.05, 0.1) is 0 Å². The van der Waals surface area contributed by atoms with Crippen LogP contribution in [0.15, 0.2) is 9.98 Å². The maximum atomic E-state index is 4.54. The van der Waals surface area contributed by atoms with Crippen LogP contribution in [0.25, 0.3) is 0 Å². The van der Waals surface area contributed by atoms with Crippen LogP contribution in [0.4, 0.5) is 0 Å². The van der Waals surface area contributed by atoms with E-state index in [0.29, 0.717) is 0 Å². The van der Waals surface area contributed by atoms with Crippen molar-refractivity contribution in [3.63, 3.8) is 0 Å². The van der Waals surface area contributed by atoms with Crippen molar-refractivity contribution in [2.75, 3.05) is 39.8 Å². The number of nitrogens with zero attached hydrogens (tertiary/aromatic N) is 2. The summed E-state index contributed by atoms with van der Waals surface area (Å²) < 4.78 is 0. The molecule has 0 radical (unpaired) electrons. The van der Waals surface area contributed by atoms with E-state index in [0.717, 1.165) is 63.9 Å². The van der Waals surface area contributed by atoms with Crippen LogP contribution in [-0.2, 0) is 0 Å². The molecule has 0 saturated heterocycles. The number of unbranched alkanes of at least 4 members (excludes halogenated alkanes) is 1. The minimum absolute atomic E-state index is 0.794. The number of hydrogen-bond acceptors (Lipinski definition) is 2. The SMILES string of the molecule is CCCN/C(=N/CCCCN/C(=N\CC)NC)NCC. The fourth-order valence-electron chi connectivity index (χ4n) is 1.60. The average Bonchev–Trinajstić information content (AvgIpc) is 2.46. The molecule has 0 aliphatic carbocycles. The Morgan fingerprint density at radius 2 is 1.60 bits per heavy atom. The summed E-state index contributed by atoms with van der Waals surface area (Å²) in [5, 5.41) is 12.9. The maximum Gasteiger partial charge on any atom is 0.191 e. The van der Waals surface area contributed by atoms with Gasteiger partial charge in [-0.25, -0.2) is 0 Å². The van der Waals surface area contributed by atoms with Gasteiger partial charge in [-0.3, -0.25) is 9.98 Å². The molecule has 0 aromatic heterocycles. The van der Waals surface area contributed by atoms with E-state index < -0.39 is 0 Å². The standard InChI is InChI=1S/C14H32N6/c1-5-10-18-14(17-7-3)20-12-9-8-11-19-13(15-4)16-6-2/h5-12H2,1-4H3,(H2,15,16,19)(H2,17,18,20). The molecule has 0 atom stereocenters. The van der Waals surface area contributed by atoms with Gasteiger partial charge >= 0.3 is 0 Å². The molecule has 0 rings (SSSR count). The van der Waals surface area contributed by atoms with Crippen LogP contribution >= 0.6 is 0 Å². The Kier molecular flexibility index (Phi) is 12.9. The van der Waals surface area contributed by atoms with E-state index in [1.165, 1.54) is 0 Å². The molecule has 0 aromatic carbocycles. The molecular formula is C14H32N6. The summed E-state index contributed by atoms with van der Waals surface area (Å²) >= 11 is 0. The van der Waals surface area contributed by atoms with Crippen LogP contribution < -0.4 is 21.3 Å². The highest BCUT2D eigenvalue weighted by molar-refractivity contribution is 5.79. The summed E-state index contributed by atoms with van der Waals surface area (Å²) in [4.78, 5) is 8.84. The predicted molar refractivity (Wildman–Crippen MR) is 88.5 cm³/mol. The molecule has 4 N–H and O–H groups in total. The summed E-state index contributed by atoms with van der Waals surface area (Å²) in [7, 11) is 1.88. The largest absolute Gasteiger partial charge is 0.359 e. The van der Waals surface area contributed by atoms with Crippen molar-refractivity contribution in [1.82, 2.24) is 21.3 Å². The lowest BCUT2D eigenvalue weighted by Gasteiger charge is -2.10. The van der Waals surface area contributed by atoms with Gasteiger partial charge in [0.1, 0.15) is 0 Å². The predicted octanol–water partition coefficient (Wildman–Crippen LogP) is 0.917.